The minimum Gasteiger partial charge on any atom is -0.431 e. The van der Waals surface area contributed by atoms with Gasteiger partial charge in [0, 0.05) is 22.3 Å². The number of benzene rings is 2. The summed E-state index contributed by atoms with van der Waals surface area (Å²) in [4.78, 5) is 29.4. The molecule has 1 aliphatic carbocycles. The second kappa shape index (κ2) is 4.30. The van der Waals surface area contributed by atoms with Crippen LogP contribution in [0.15, 0.2) is 46.0 Å². The van der Waals surface area contributed by atoms with Crippen LogP contribution >= 0.6 is 11.8 Å². The first-order valence-corrected chi connectivity index (χ1v) is 7.58. The standard InChI is InChI=1S/C16H9NO3S/c1-21-16-17-12-6-10-11(7-13(12)20-16)15(19)9-5-3-2-4-8(9)14(10)18/h2-7H,1H3. The van der Waals surface area contributed by atoms with E-state index in [0.717, 1.165) is 0 Å². The molecule has 4 nitrogen and oxygen atoms in total. The normalized spacial score (nSPS) is 13.4. The van der Waals surface area contributed by atoms with E-state index in [-0.39, 0.29) is 11.6 Å². The van der Waals surface area contributed by atoms with Gasteiger partial charge in [-0.2, -0.15) is 0 Å². The molecule has 0 amide bonds. The molecule has 5 heteroatoms. The van der Waals surface area contributed by atoms with Crippen molar-refractivity contribution in [1.29, 1.82) is 0 Å². The number of carbonyl (C=O) groups is 2. The largest absolute Gasteiger partial charge is 0.431 e. The Morgan fingerprint density at radius 1 is 0.952 bits per heavy atom. The highest BCUT2D eigenvalue weighted by molar-refractivity contribution is 7.98. The van der Waals surface area contributed by atoms with Crippen molar-refractivity contribution in [2.45, 2.75) is 5.22 Å². The third-order valence-electron chi connectivity index (χ3n) is 3.59. The number of nitrogens with zero attached hydrogens (tertiary/aromatic N) is 1. The van der Waals surface area contributed by atoms with Crippen LogP contribution in [0.2, 0.25) is 0 Å². The Morgan fingerprint density at radius 3 is 2.19 bits per heavy atom. The van der Waals surface area contributed by atoms with Gasteiger partial charge in [0.1, 0.15) is 5.52 Å². The Hall–Kier alpha value is -2.40. The molecular formula is C16H9NO3S. The van der Waals surface area contributed by atoms with Gasteiger partial charge in [-0.25, -0.2) is 4.98 Å². The van der Waals surface area contributed by atoms with Crippen LogP contribution in [0.4, 0.5) is 0 Å². The minimum atomic E-state index is -0.149. The van der Waals surface area contributed by atoms with Crippen molar-refractivity contribution in [3.63, 3.8) is 0 Å². The van der Waals surface area contributed by atoms with Crippen molar-refractivity contribution in [1.82, 2.24) is 4.98 Å². The van der Waals surface area contributed by atoms with E-state index in [9.17, 15) is 9.59 Å². The van der Waals surface area contributed by atoms with E-state index in [4.69, 9.17) is 4.42 Å². The van der Waals surface area contributed by atoms with Gasteiger partial charge in [-0.05, 0) is 18.4 Å². The molecule has 102 valence electrons. The molecule has 3 aromatic rings. The molecule has 21 heavy (non-hydrogen) atoms. The maximum atomic E-state index is 12.6. The fourth-order valence-corrected chi connectivity index (χ4v) is 2.95. The van der Waals surface area contributed by atoms with Crippen molar-refractivity contribution in [2.75, 3.05) is 6.26 Å². The van der Waals surface area contributed by atoms with Gasteiger partial charge in [-0.15, -0.1) is 0 Å². The second-order valence-electron chi connectivity index (χ2n) is 4.75. The molecule has 0 unspecified atom stereocenters. The topological polar surface area (TPSA) is 60.2 Å². The average Bonchev–Trinajstić information content (AvgIpc) is 2.93. The molecule has 4 rings (SSSR count). The van der Waals surface area contributed by atoms with E-state index in [1.165, 1.54) is 11.8 Å². The zero-order valence-electron chi connectivity index (χ0n) is 11.0. The molecule has 1 aromatic heterocycles. The lowest BCUT2D eigenvalue weighted by molar-refractivity contribution is 0.0979. The highest BCUT2D eigenvalue weighted by Crippen LogP contribution is 2.31. The maximum Gasteiger partial charge on any atom is 0.256 e. The summed E-state index contributed by atoms with van der Waals surface area (Å²) in [5.74, 6) is -0.292. The zero-order valence-corrected chi connectivity index (χ0v) is 11.9. The number of ketones is 2. The number of aromatic nitrogens is 1. The van der Waals surface area contributed by atoms with Gasteiger partial charge in [0.15, 0.2) is 17.1 Å². The fraction of sp³-hybridized carbons (Fsp3) is 0.0625. The quantitative estimate of drug-likeness (QED) is 0.504. The molecule has 0 spiro atoms. The first kappa shape index (κ1) is 12.3. The van der Waals surface area contributed by atoms with E-state index in [1.54, 1.807) is 36.4 Å². The van der Waals surface area contributed by atoms with Crippen molar-refractivity contribution < 1.29 is 14.0 Å². The summed E-state index contributed by atoms with van der Waals surface area (Å²) in [6.45, 7) is 0. The molecule has 1 aliphatic rings. The van der Waals surface area contributed by atoms with Crippen LogP contribution in [0.5, 0.6) is 0 Å². The van der Waals surface area contributed by atoms with Gasteiger partial charge in [0.2, 0.25) is 0 Å². The van der Waals surface area contributed by atoms with Crippen molar-refractivity contribution in [3.05, 3.63) is 58.7 Å². The number of fused-ring (bicyclic) bond motifs is 3. The average molecular weight is 295 g/mol. The van der Waals surface area contributed by atoms with Crippen LogP contribution in [0.3, 0.4) is 0 Å². The fourth-order valence-electron chi connectivity index (χ4n) is 2.59. The summed E-state index contributed by atoms with van der Waals surface area (Å²) in [6, 6.07) is 10.1. The summed E-state index contributed by atoms with van der Waals surface area (Å²) in [7, 11) is 0. The Kier molecular flexibility index (Phi) is 2.53. The molecule has 0 bridgehead atoms. The monoisotopic (exact) mass is 295 g/mol. The van der Waals surface area contributed by atoms with Gasteiger partial charge >= 0.3 is 0 Å². The lowest BCUT2D eigenvalue weighted by Gasteiger charge is -2.16. The van der Waals surface area contributed by atoms with Crippen molar-refractivity contribution in [3.8, 4) is 0 Å². The summed E-state index contributed by atoms with van der Waals surface area (Å²) >= 11 is 1.38. The molecular weight excluding hydrogens is 286 g/mol. The van der Waals surface area contributed by atoms with E-state index in [2.05, 4.69) is 4.98 Å². The number of oxazole rings is 1. The number of rotatable bonds is 1. The Morgan fingerprint density at radius 2 is 1.57 bits per heavy atom. The number of thioether (sulfide) groups is 1. The minimum absolute atomic E-state index is 0.143. The van der Waals surface area contributed by atoms with E-state index in [0.29, 0.717) is 38.6 Å². The van der Waals surface area contributed by atoms with Gasteiger partial charge in [0.05, 0.1) is 0 Å². The predicted octanol–water partition coefficient (Wildman–Crippen LogP) is 3.33. The lowest BCUT2D eigenvalue weighted by atomic mass is 9.84. The third-order valence-corrected chi connectivity index (χ3v) is 4.11. The second-order valence-corrected chi connectivity index (χ2v) is 5.51. The van der Waals surface area contributed by atoms with Crippen LogP contribution in [-0.2, 0) is 0 Å². The van der Waals surface area contributed by atoms with Gasteiger partial charge in [-0.3, -0.25) is 9.59 Å². The lowest BCUT2D eigenvalue weighted by Crippen LogP contribution is -2.20. The Balaban J connectivity index is 2.02. The molecule has 0 radical (unpaired) electrons. The summed E-state index contributed by atoms with van der Waals surface area (Å²) in [6.07, 6.45) is 1.86. The van der Waals surface area contributed by atoms with Crippen LogP contribution < -0.4 is 0 Å². The molecule has 0 atom stereocenters. The van der Waals surface area contributed by atoms with Crippen LogP contribution in [0.25, 0.3) is 11.1 Å². The maximum absolute atomic E-state index is 12.6. The Labute approximate surface area is 124 Å². The SMILES string of the molecule is CSc1nc2cc3c(cc2o1)C(=O)c1ccccc1C3=O. The molecule has 0 saturated carbocycles. The highest BCUT2D eigenvalue weighted by atomic mass is 32.2. The summed E-state index contributed by atoms with van der Waals surface area (Å²) in [5, 5.41) is 0.518. The summed E-state index contributed by atoms with van der Waals surface area (Å²) < 4.78 is 5.54. The number of carbonyl (C=O) groups excluding carboxylic acids is 2. The van der Waals surface area contributed by atoms with E-state index in [1.807, 2.05) is 6.26 Å². The Bertz CT molecular complexity index is 854. The number of hydrogen-bond acceptors (Lipinski definition) is 5. The van der Waals surface area contributed by atoms with Crippen molar-refractivity contribution in [2.24, 2.45) is 0 Å². The third kappa shape index (κ3) is 1.67. The molecule has 0 aliphatic heterocycles. The first-order valence-electron chi connectivity index (χ1n) is 6.36. The molecule has 0 saturated heterocycles. The molecule has 2 aromatic carbocycles. The van der Waals surface area contributed by atoms with Gasteiger partial charge < -0.3 is 4.42 Å². The first-order chi connectivity index (χ1) is 10.2. The highest BCUT2D eigenvalue weighted by Gasteiger charge is 2.30. The van der Waals surface area contributed by atoms with Gasteiger partial charge in [0.25, 0.3) is 5.22 Å². The van der Waals surface area contributed by atoms with Crippen LogP contribution in [0.1, 0.15) is 31.8 Å². The molecule has 0 N–H and O–H groups in total. The van der Waals surface area contributed by atoms with Crippen LogP contribution in [-0.4, -0.2) is 22.8 Å². The number of hydrogen-bond donors (Lipinski definition) is 0. The van der Waals surface area contributed by atoms with E-state index < -0.39 is 0 Å². The van der Waals surface area contributed by atoms with Crippen molar-refractivity contribution >= 4 is 34.4 Å². The van der Waals surface area contributed by atoms with Gasteiger partial charge in [-0.1, -0.05) is 36.0 Å². The smallest absolute Gasteiger partial charge is 0.256 e. The predicted molar refractivity (Wildman–Crippen MR) is 79.1 cm³/mol. The van der Waals surface area contributed by atoms with Crippen LogP contribution in [0, 0.1) is 0 Å². The molecule has 1 heterocycles. The zero-order chi connectivity index (χ0) is 14.6. The molecule has 0 fully saturated rings. The van der Waals surface area contributed by atoms with E-state index >= 15 is 0 Å². The summed E-state index contributed by atoms with van der Waals surface area (Å²) in [5.41, 5.74) is 2.79.